The molecule has 1 heterocycles. The number of nitrogens with zero attached hydrogens (tertiary/aromatic N) is 2. The predicted molar refractivity (Wildman–Crippen MR) is 117 cm³/mol. The lowest BCUT2D eigenvalue weighted by Crippen LogP contribution is -2.27. The molecule has 1 aliphatic rings. The van der Waals surface area contributed by atoms with Crippen molar-refractivity contribution in [1.29, 1.82) is 0 Å². The van der Waals surface area contributed by atoms with E-state index in [1.807, 2.05) is 12.1 Å². The van der Waals surface area contributed by atoms with Gasteiger partial charge in [0.2, 0.25) is 10.0 Å². The summed E-state index contributed by atoms with van der Waals surface area (Å²) in [7, 11) is -1.84. The summed E-state index contributed by atoms with van der Waals surface area (Å²) in [6.45, 7) is 5.45. The van der Waals surface area contributed by atoms with Crippen molar-refractivity contribution < 1.29 is 13.2 Å². The van der Waals surface area contributed by atoms with E-state index < -0.39 is 10.0 Å². The van der Waals surface area contributed by atoms with Gasteiger partial charge in [-0.1, -0.05) is 24.3 Å². The van der Waals surface area contributed by atoms with Crippen LogP contribution in [0.3, 0.4) is 0 Å². The largest absolute Gasteiger partial charge is 0.348 e. The molecule has 0 saturated carbocycles. The van der Waals surface area contributed by atoms with E-state index >= 15 is 0 Å². The molecular weight excluding hydrogens is 386 g/mol. The average Bonchev–Trinajstić information content (AvgIpc) is 3.19. The van der Waals surface area contributed by atoms with Gasteiger partial charge in [0.1, 0.15) is 0 Å². The first-order chi connectivity index (χ1) is 13.8. The Balaban J connectivity index is 1.68. The molecule has 29 heavy (non-hydrogen) atoms. The van der Waals surface area contributed by atoms with E-state index in [9.17, 15) is 13.2 Å². The summed E-state index contributed by atoms with van der Waals surface area (Å²) >= 11 is 0. The van der Waals surface area contributed by atoms with E-state index in [-0.39, 0.29) is 5.91 Å². The maximum Gasteiger partial charge on any atom is 0.251 e. The highest BCUT2D eigenvalue weighted by molar-refractivity contribution is 7.92. The number of carbonyl (C=O) groups excluding carboxylic acids is 1. The minimum absolute atomic E-state index is 0.169. The van der Waals surface area contributed by atoms with E-state index in [1.54, 1.807) is 25.1 Å². The van der Waals surface area contributed by atoms with Crippen LogP contribution in [0.4, 0.5) is 5.69 Å². The third kappa shape index (κ3) is 5.36. The summed E-state index contributed by atoms with van der Waals surface area (Å²) in [6.07, 6.45) is 3.66. The lowest BCUT2D eigenvalue weighted by atomic mass is 10.1. The van der Waals surface area contributed by atoms with Gasteiger partial charge in [0.05, 0.1) is 11.9 Å². The molecule has 1 N–H and O–H groups in total. The predicted octanol–water partition coefficient (Wildman–Crippen LogP) is 2.92. The highest BCUT2D eigenvalue weighted by atomic mass is 32.2. The van der Waals surface area contributed by atoms with Crippen molar-refractivity contribution in [1.82, 2.24) is 10.2 Å². The molecule has 0 aliphatic carbocycles. The number of anilines is 1. The summed E-state index contributed by atoms with van der Waals surface area (Å²) in [5.74, 6) is -0.169. The molecule has 1 saturated heterocycles. The average molecular weight is 416 g/mol. The van der Waals surface area contributed by atoms with Gasteiger partial charge in [-0.3, -0.25) is 14.0 Å². The van der Waals surface area contributed by atoms with Crippen molar-refractivity contribution in [2.45, 2.75) is 32.9 Å². The number of amides is 1. The van der Waals surface area contributed by atoms with Gasteiger partial charge < -0.3 is 5.32 Å². The summed E-state index contributed by atoms with van der Waals surface area (Å²) in [5, 5.41) is 3.00. The Bertz CT molecular complexity index is 983. The molecule has 1 fully saturated rings. The van der Waals surface area contributed by atoms with Gasteiger partial charge in [-0.15, -0.1) is 0 Å². The zero-order valence-corrected chi connectivity index (χ0v) is 18.1. The standard InChI is InChI=1S/C22H29N3O3S/c1-17-14-18(10-11-21(17)24(2)29(3,27)28)22(26)23-15-19-8-4-5-9-20(19)16-25-12-6-7-13-25/h4-5,8-11,14H,6-7,12-13,15-16H2,1-3H3,(H,23,26). The number of hydrogen-bond acceptors (Lipinski definition) is 4. The molecule has 7 heteroatoms. The maximum absolute atomic E-state index is 12.7. The summed E-state index contributed by atoms with van der Waals surface area (Å²) in [4.78, 5) is 15.1. The fourth-order valence-electron chi connectivity index (χ4n) is 3.67. The van der Waals surface area contributed by atoms with Gasteiger partial charge >= 0.3 is 0 Å². The van der Waals surface area contributed by atoms with Crippen LogP contribution in [0, 0.1) is 6.92 Å². The molecule has 1 aliphatic heterocycles. The maximum atomic E-state index is 12.7. The molecule has 3 rings (SSSR count). The van der Waals surface area contributed by atoms with Crippen LogP contribution in [-0.4, -0.2) is 45.6 Å². The number of hydrogen-bond donors (Lipinski definition) is 1. The van der Waals surface area contributed by atoms with Crippen molar-refractivity contribution >= 4 is 21.6 Å². The van der Waals surface area contributed by atoms with Gasteiger partial charge in [0, 0.05) is 25.7 Å². The Morgan fingerprint density at radius 1 is 1.10 bits per heavy atom. The van der Waals surface area contributed by atoms with Gasteiger partial charge in [-0.25, -0.2) is 8.42 Å². The lowest BCUT2D eigenvalue weighted by Gasteiger charge is -2.20. The number of nitrogens with one attached hydrogen (secondary N) is 1. The molecule has 1 amide bonds. The smallest absolute Gasteiger partial charge is 0.251 e. The molecule has 0 radical (unpaired) electrons. The Kier molecular flexibility index (Phi) is 6.59. The van der Waals surface area contributed by atoms with Gasteiger partial charge in [0.25, 0.3) is 5.91 Å². The molecule has 0 bridgehead atoms. The highest BCUT2D eigenvalue weighted by Gasteiger charge is 2.17. The molecular formula is C22H29N3O3S. The van der Waals surface area contributed by atoms with Crippen molar-refractivity contribution in [3.05, 3.63) is 64.7 Å². The zero-order chi connectivity index (χ0) is 21.0. The highest BCUT2D eigenvalue weighted by Crippen LogP contribution is 2.22. The monoisotopic (exact) mass is 415 g/mol. The third-order valence-corrected chi connectivity index (χ3v) is 6.64. The van der Waals surface area contributed by atoms with Crippen LogP contribution in [-0.2, 0) is 23.1 Å². The van der Waals surface area contributed by atoms with E-state index in [2.05, 4.69) is 22.3 Å². The van der Waals surface area contributed by atoms with E-state index in [0.29, 0.717) is 17.8 Å². The number of likely N-dealkylation sites (tertiary alicyclic amines) is 1. The van der Waals surface area contributed by atoms with Crippen molar-refractivity contribution in [3.63, 3.8) is 0 Å². The summed E-state index contributed by atoms with van der Waals surface area (Å²) in [5.41, 5.74) is 4.19. The van der Waals surface area contributed by atoms with E-state index in [1.165, 1.54) is 29.8 Å². The van der Waals surface area contributed by atoms with Crippen LogP contribution in [0.5, 0.6) is 0 Å². The Labute approximate surface area is 173 Å². The van der Waals surface area contributed by atoms with Crippen molar-refractivity contribution in [3.8, 4) is 0 Å². The quantitative estimate of drug-likeness (QED) is 0.755. The molecule has 0 spiro atoms. The second-order valence-corrected chi connectivity index (χ2v) is 9.68. The van der Waals surface area contributed by atoms with Crippen molar-refractivity contribution in [2.75, 3.05) is 30.7 Å². The topological polar surface area (TPSA) is 69.7 Å². The number of rotatable bonds is 7. The SMILES string of the molecule is Cc1cc(C(=O)NCc2ccccc2CN2CCCC2)ccc1N(C)S(C)(=O)=O. The zero-order valence-electron chi connectivity index (χ0n) is 17.3. The number of sulfonamides is 1. The number of aryl methyl sites for hydroxylation is 1. The molecule has 0 unspecified atom stereocenters. The molecule has 2 aromatic carbocycles. The molecule has 156 valence electrons. The Hall–Kier alpha value is -2.38. The van der Waals surface area contributed by atoms with Gasteiger partial charge in [0.15, 0.2) is 0 Å². The third-order valence-electron chi connectivity index (χ3n) is 5.45. The van der Waals surface area contributed by atoms with Gasteiger partial charge in [-0.05, 0) is 67.7 Å². The minimum Gasteiger partial charge on any atom is -0.348 e. The summed E-state index contributed by atoms with van der Waals surface area (Å²) < 4.78 is 24.7. The van der Waals surface area contributed by atoms with Crippen LogP contribution < -0.4 is 9.62 Å². The number of benzene rings is 2. The first-order valence-corrected chi connectivity index (χ1v) is 11.7. The fraction of sp³-hybridized carbons (Fsp3) is 0.409. The van der Waals surface area contributed by atoms with Crippen molar-refractivity contribution in [2.24, 2.45) is 0 Å². The normalized spacial score (nSPS) is 14.7. The number of carbonyl (C=O) groups is 1. The first kappa shape index (κ1) is 21.3. The summed E-state index contributed by atoms with van der Waals surface area (Å²) in [6, 6.07) is 13.3. The van der Waals surface area contributed by atoms with Crippen LogP contribution >= 0.6 is 0 Å². The molecule has 2 aromatic rings. The molecule has 0 aromatic heterocycles. The second kappa shape index (κ2) is 8.97. The van der Waals surface area contributed by atoms with Crippen LogP contribution in [0.1, 0.15) is 39.9 Å². The van der Waals surface area contributed by atoms with Crippen LogP contribution in [0.15, 0.2) is 42.5 Å². The van der Waals surface area contributed by atoms with Crippen LogP contribution in [0.2, 0.25) is 0 Å². The van der Waals surface area contributed by atoms with E-state index in [4.69, 9.17) is 0 Å². The Morgan fingerprint density at radius 2 is 1.76 bits per heavy atom. The first-order valence-electron chi connectivity index (χ1n) is 9.87. The fourth-order valence-corrected chi connectivity index (χ4v) is 4.23. The second-order valence-electron chi connectivity index (χ2n) is 7.67. The minimum atomic E-state index is -3.34. The Morgan fingerprint density at radius 3 is 2.38 bits per heavy atom. The molecule has 6 nitrogen and oxygen atoms in total. The van der Waals surface area contributed by atoms with Gasteiger partial charge in [-0.2, -0.15) is 0 Å². The molecule has 0 atom stereocenters. The van der Waals surface area contributed by atoms with E-state index in [0.717, 1.165) is 37.0 Å². The lowest BCUT2D eigenvalue weighted by molar-refractivity contribution is 0.0950. The van der Waals surface area contributed by atoms with Crippen LogP contribution in [0.25, 0.3) is 0 Å².